The summed E-state index contributed by atoms with van der Waals surface area (Å²) < 4.78 is 6.65. The van der Waals surface area contributed by atoms with Crippen molar-refractivity contribution >= 4 is 28.5 Å². The van der Waals surface area contributed by atoms with E-state index in [-0.39, 0.29) is 18.1 Å². The minimum Gasteiger partial charge on any atom is -0.311 e. The molecule has 0 aliphatic heterocycles. The van der Waals surface area contributed by atoms with E-state index in [1.165, 1.54) is 9.13 Å². The second-order valence-electron chi connectivity index (χ2n) is 7.41. The van der Waals surface area contributed by atoms with Gasteiger partial charge in [0.2, 0.25) is 5.78 Å². The van der Waals surface area contributed by atoms with E-state index in [4.69, 9.17) is 11.6 Å². The smallest absolute Gasteiger partial charge is 0.311 e. The summed E-state index contributed by atoms with van der Waals surface area (Å²) in [4.78, 5) is 30.9. The Balaban J connectivity index is 2.07. The largest absolute Gasteiger partial charge is 0.332 e. The maximum Gasteiger partial charge on any atom is 0.332 e. The average Bonchev–Trinajstić information content (AvgIpc) is 3.14. The third-order valence-corrected chi connectivity index (χ3v) is 5.58. The molecule has 0 bridgehead atoms. The van der Waals surface area contributed by atoms with Gasteiger partial charge in [0.1, 0.15) is 0 Å². The van der Waals surface area contributed by atoms with E-state index in [2.05, 4.69) is 23.4 Å². The van der Waals surface area contributed by atoms with Gasteiger partial charge in [0, 0.05) is 29.5 Å². The monoisotopic (exact) mass is 399 g/mol. The van der Waals surface area contributed by atoms with Gasteiger partial charge in [0.15, 0.2) is 11.2 Å². The highest BCUT2D eigenvalue weighted by atomic mass is 35.5. The van der Waals surface area contributed by atoms with Crippen molar-refractivity contribution in [3.63, 3.8) is 0 Å². The average molecular weight is 400 g/mol. The molecule has 0 N–H and O–H groups in total. The van der Waals surface area contributed by atoms with Gasteiger partial charge in [-0.1, -0.05) is 23.7 Å². The molecule has 0 saturated heterocycles. The zero-order valence-electron chi connectivity index (χ0n) is 16.5. The Hall–Kier alpha value is -2.80. The first-order valence-corrected chi connectivity index (χ1v) is 9.54. The fraction of sp³-hybridized carbons (Fsp3) is 0.350. The maximum absolute atomic E-state index is 13.3. The highest BCUT2D eigenvalue weighted by Crippen LogP contribution is 2.24. The van der Waals surface area contributed by atoms with E-state index in [1.54, 1.807) is 19.2 Å². The molecule has 3 heterocycles. The SMILES string of the molecule is Cc1c(C)n2c3c(=O)n(Cc4ccc(Cl)cc4)c(=O)n(C)c3nc2n1C(C)C. The standard InChI is InChI=1S/C20H22ClN5O2/c1-11(2)25-12(3)13(4)26-16-17(22-19(25)26)23(5)20(28)24(18(16)27)10-14-6-8-15(21)9-7-14/h6-9,11H,10H2,1-5H3. The molecule has 4 rings (SSSR count). The fourth-order valence-corrected chi connectivity index (χ4v) is 3.93. The molecule has 146 valence electrons. The molecule has 7 nitrogen and oxygen atoms in total. The van der Waals surface area contributed by atoms with Crippen LogP contribution in [0.15, 0.2) is 33.9 Å². The van der Waals surface area contributed by atoms with Gasteiger partial charge in [-0.25, -0.2) is 4.79 Å². The van der Waals surface area contributed by atoms with Crippen LogP contribution in [0.4, 0.5) is 0 Å². The minimum atomic E-state index is -0.390. The van der Waals surface area contributed by atoms with Crippen LogP contribution in [-0.4, -0.2) is 23.1 Å². The lowest BCUT2D eigenvalue weighted by atomic mass is 10.2. The Morgan fingerprint density at radius 3 is 2.32 bits per heavy atom. The van der Waals surface area contributed by atoms with Gasteiger partial charge < -0.3 is 4.57 Å². The normalized spacial score (nSPS) is 12.0. The number of halogens is 1. The van der Waals surface area contributed by atoms with Crippen LogP contribution in [0.3, 0.4) is 0 Å². The van der Waals surface area contributed by atoms with Gasteiger partial charge in [0.25, 0.3) is 5.56 Å². The maximum atomic E-state index is 13.3. The molecule has 0 fully saturated rings. The molecule has 0 spiro atoms. The van der Waals surface area contributed by atoms with Crippen molar-refractivity contribution in [1.29, 1.82) is 0 Å². The molecule has 0 atom stereocenters. The summed E-state index contributed by atoms with van der Waals surface area (Å²) in [6.45, 7) is 8.31. The van der Waals surface area contributed by atoms with Crippen LogP contribution in [-0.2, 0) is 13.6 Å². The van der Waals surface area contributed by atoms with E-state index >= 15 is 0 Å². The summed E-state index contributed by atoms with van der Waals surface area (Å²) in [7, 11) is 1.65. The first-order chi connectivity index (χ1) is 13.2. The van der Waals surface area contributed by atoms with Crippen LogP contribution in [0.5, 0.6) is 0 Å². The third-order valence-electron chi connectivity index (χ3n) is 5.33. The summed E-state index contributed by atoms with van der Waals surface area (Å²) in [5.74, 6) is 0.677. The molecule has 3 aromatic heterocycles. The number of hydrogen-bond donors (Lipinski definition) is 0. The van der Waals surface area contributed by atoms with Crippen molar-refractivity contribution in [1.82, 2.24) is 23.1 Å². The van der Waals surface area contributed by atoms with Crippen molar-refractivity contribution in [2.75, 3.05) is 0 Å². The molecule has 0 saturated carbocycles. The van der Waals surface area contributed by atoms with Crippen molar-refractivity contribution in [2.24, 2.45) is 7.05 Å². The lowest BCUT2D eigenvalue weighted by Gasteiger charge is -2.10. The number of hydrogen-bond acceptors (Lipinski definition) is 3. The number of fused-ring (bicyclic) bond motifs is 3. The predicted octanol–water partition coefficient (Wildman–Crippen LogP) is 3.05. The van der Waals surface area contributed by atoms with Crippen LogP contribution < -0.4 is 11.2 Å². The highest BCUT2D eigenvalue weighted by molar-refractivity contribution is 6.30. The Labute approximate surface area is 166 Å². The molecule has 0 amide bonds. The van der Waals surface area contributed by atoms with Crippen LogP contribution in [0, 0.1) is 13.8 Å². The molecule has 8 heteroatoms. The number of rotatable bonds is 3. The third kappa shape index (κ3) is 2.53. The molecule has 0 radical (unpaired) electrons. The summed E-state index contributed by atoms with van der Waals surface area (Å²) in [6, 6.07) is 7.31. The molecular formula is C20H22ClN5O2. The van der Waals surface area contributed by atoms with Crippen LogP contribution >= 0.6 is 11.6 Å². The van der Waals surface area contributed by atoms with Crippen LogP contribution in [0.1, 0.15) is 36.8 Å². The van der Waals surface area contributed by atoms with Crippen LogP contribution in [0.25, 0.3) is 16.9 Å². The van der Waals surface area contributed by atoms with E-state index in [0.29, 0.717) is 22.0 Å². The number of nitrogens with zero attached hydrogens (tertiary/aromatic N) is 5. The minimum absolute atomic E-state index is 0.175. The first kappa shape index (κ1) is 18.6. The lowest BCUT2D eigenvalue weighted by Crippen LogP contribution is -2.39. The lowest BCUT2D eigenvalue weighted by molar-refractivity contribution is 0.600. The molecule has 0 aliphatic carbocycles. The van der Waals surface area contributed by atoms with Gasteiger partial charge in [0.05, 0.1) is 6.54 Å². The van der Waals surface area contributed by atoms with Crippen molar-refractivity contribution in [3.05, 3.63) is 67.1 Å². The van der Waals surface area contributed by atoms with Gasteiger partial charge in [-0.15, -0.1) is 0 Å². The van der Waals surface area contributed by atoms with Crippen molar-refractivity contribution < 1.29 is 0 Å². The van der Waals surface area contributed by atoms with Gasteiger partial charge in [-0.2, -0.15) is 4.98 Å². The van der Waals surface area contributed by atoms with Gasteiger partial charge in [-0.3, -0.25) is 18.3 Å². The molecule has 1 aromatic carbocycles. The van der Waals surface area contributed by atoms with Crippen molar-refractivity contribution in [3.8, 4) is 0 Å². The summed E-state index contributed by atoms with van der Waals surface area (Å²) in [6.07, 6.45) is 0. The van der Waals surface area contributed by atoms with E-state index in [1.807, 2.05) is 30.4 Å². The number of aromatic nitrogens is 5. The highest BCUT2D eigenvalue weighted by Gasteiger charge is 2.23. The fourth-order valence-electron chi connectivity index (χ4n) is 3.80. The quantitative estimate of drug-likeness (QED) is 0.531. The second-order valence-corrected chi connectivity index (χ2v) is 7.85. The summed E-state index contributed by atoms with van der Waals surface area (Å²) >= 11 is 5.94. The first-order valence-electron chi connectivity index (χ1n) is 9.16. The van der Waals surface area contributed by atoms with E-state index < -0.39 is 5.69 Å². The topological polar surface area (TPSA) is 66.2 Å². The Morgan fingerprint density at radius 1 is 1.07 bits per heavy atom. The molecule has 4 aromatic rings. The Kier molecular flexibility index (Phi) is 4.23. The Bertz CT molecular complexity index is 1340. The molecule has 28 heavy (non-hydrogen) atoms. The molecule has 0 unspecified atom stereocenters. The number of aryl methyl sites for hydroxylation is 2. The number of imidazole rings is 2. The predicted molar refractivity (Wildman–Crippen MR) is 111 cm³/mol. The van der Waals surface area contributed by atoms with Crippen molar-refractivity contribution in [2.45, 2.75) is 40.3 Å². The molecule has 0 aliphatic rings. The van der Waals surface area contributed by atoms with E-state index in [9.17, 15) is 9.59 Å². The van der Waals surface area contributed by atoms with Crippen LogP contribution in [0.2, 0.25) is 5.02 Å². The van der Waals surface area contributed by atoms with Gasteiger partial charge in [-0.05, 0) is 45.4 Å². The van der Waals surface area contributed by atoms with Gasteiger partial charge >= 0.3 is 5.69 Å². The zero-order valence-corrected chi connectivity index (χ0v) is 17.3. The summed E-state index contributed by atoms with van der Waals surface area (Å²) in [5, 5.41) is 0.609. The molecular weight excluding hydrogens is 378 g/mol. The Morgan fingerprint density at radius 2 is 1.71 bits per heavy atom. The number of benzene rings is 1. The summed E-state index contributed by atoms with van der Waals surface area (Å²) in [5.41, 5.74) is 2.91. The second kappa shape index (κ2) is 6.38. The van der Waals surface area contributed by atoms with E-state index in [0.717, 1.165) is 17.0 Å². The zero-order chi connectivity index (χ0) is 20.3.